The van der Waals surface area contributed by atoms with Gasteiger partial charge in [-0.25, -0.2) is 0 Å². The van der Waals surface area contributed by atoms with Crippen LogP contribution in [-0.2, 0) is 27.1 Å². The maximum absolute atomic E-state index is 9.13. The SMILES string of the molecule is [2H]c1n2c(c(C)[n+]1-c1ccccc1C)C(C)(C)c1ccccc1-2.[2H]c1n2c(c(C)[n+]1-c1ccccc1C)C(C)(C)c1ccccc1-2.[2H]c1n2c(c(C)[n+]1-c1ccccc1C)C(C)(C1CCCC1)c1ccccc1-2.[2H]c1n2c(c(C)[n+]1-c1ccccc1C)C(C)(C1CCCCC1)c1ccccc1-2.[2H]c1n2c(c(C)[n+]1-c1ccccc1C)C(C)(c1ccccc1)c1ccccc1-2. The van der Waals surface area contributed by atoms with Crippen LogP contribution in [0.2, 0.25) is 0 Å². The fourth-order valence-electron chi connectivity index (χ4n) is 23.3. The Hall–Kier alpha value is -12.5. The predicted molar refractivity (Wildman–Crippen MR) is 502 cm³/mol. The van der Waals surface area contributed by atoms with Crippen LogP contribution in [0.15, 0.2) is 305 Å². The lowest BCUT2D eigenvalue weighted by atomic mass is 9.65. The van der Waals surface area contributed by atoms with Crippen LogP contribution in [0.4, 0.5) is 0 Å². The van der Waals surface area contributed by atoms with Crippen LogP contribution in [-0.4, -0.2) is 22.8 Å². The first kappa shape index (κ1) is 75.2. The van der Waals surface area contributed by atoms with E-state index in [-0.39, 0.29) is 27.1 Å². The van der Waals surface area contributed by atoms with Crippen LogP contribution in [0.25, 0.3) is 56.9 Å². The first-order chi connectivity index (χ1) is 62.0. The second kappa shape index (κ2) is 31.4. The van der Waals surface area contributed by atoms with E-state index < -0.39 is 0 Å². The van der Waals surface area contributed by atoms with Crippen molar-refractivity contribution in [3.8, 4) is 56.9 Å². The molecule has 0 amide bonds. The zero-order chi connectivity index (χ0) is 90.4. The molecule has 10 heterocycles. The standard InChI is InChI=1S/C25H29N2.C25H23N2.C24H27N2.2C20H21N2/c2*1-18-11-7-9-15-22(18)26-17-27-23-16-10-8-14-21(23)25(3,24(27)19(26)2)20-12-5-4-6-13-20;1-17-10-4-8-14-21(17)25-16-26-22-15-9-7-13-20(22)24(3,23(26)18(25)2)19-11-5-6-12-19;2*1-14-9-5-7-11-17(14)21-13-22-18-12-8-6-10-16(18)20(3,4)19(22)15(21)2/h7-11,14-17,20H,4-6,12-13H2,1-3H3;4-17H,1-3H3;4,7-10,13-16,19H,5-6,11-12H2,1-3H3;2*5-13H,1-4H3/q5*+1/i2*17D;16D;2*13D. The summed E-state index contributed by atoms with van der Waals surface area (Å²) in [6.07, 6.45) is 14.5. The van der Waals surface area contributed by atoms with Crippen molar-refractivity contribution in [2.75, 3.05) is 0 Å². The molecule has 10 nitrogen and oxygen atoms in total. The van der Waals surface area contributed by atoms with Crippen molar-refractivity contribution >= 4 is 0 Å². The number of benzene rings is 11. The van der Waals surface area contributed by atoms with E-state index in [4.69, 9.17) is 6.85 Å². The van der Waals surface area contributed by atoms with Crippen molar-refractivity contribution in [2.45, 2.75) is 203 Å². The topological polar surface area (TPSA) is 44.0 Å². The van der Waals surface area contributed by atoms with Crippen molar-refractivity contribution in [2.24, 2.45) is 11.8 Å². The number of para-hydroxylation sites is 10. The second-order valence-corrected chi connectivity index (χ2v) is 37.5. The molecule has 124 heavy (non-hydrogen) atoms. The number of aryl methyl sites for hydroxylation is 5. The summed E-state index contributed by atoms with van der Waals surface area (Å²) in [7, 11) is 0. The summed E-state index contributed by atoms with van der Waals surface area (Å²) in [4.78, 5) is 0. The highest BCUT2D eigenvalue weighted by Crippen LogP contribution is 2.56. The zero-order valence-electron chi connectivity index (χ0n) is 80.5. The van der Waals surface area contributed by atoms with E-state index in [0.717, 1.165) is 62.6 Å². The van der Waals surface area contributed by atoms with Crippen molar-refractivity contribution in [3.05, 3.63) is 423 Å². The molecule has 0 spiro atoms. The molecule has 7 aliphatic rings. The van der Waals surface area contributed by atoms with Gasteiger partial charge in [0.2, 0.25) is 0 Å². The summed E-state index contributed by atoms with van der Waals surface area (Å²) in [5.41, 5.74) is 36.7. The molecule has 0 bridgehead atoms. The van der Waals surface area contributed by atoms with E-state index >= 15 is 0 Å². The first-order valence-electron chi connectivity index (χ1n) is 47.6. The monoisotopic (exact) mass is 1640 g/mol. The van der Waals surface area contributed by atoms with Gasteiger partial charge >= 0.3 is 0 Å². The van der Waals surface area contributed by atoms with Gasteiger partial charge in [-0.1, -0.05) is 244 Å². The minimum Gasteiger partial charge on any atom is -0.199 e. The van der Waals surface area contributed by atoms with Gasteiger partial charge in [-0.3, -0.25) is 0 Å². The third kappa shape index (κ3) is 12.7. The molecule has 3 atom stereocenters. The minimum absolute atomic E-state index is 0.0130. The van der Waals surface area contributed by atoms with E-state index in [0.29, 0.717) is 43.4 Å². The van der Waals surface area contributed by atoms with E-state index in [9.17, 15) is 0 Å². The summed E-state index contributed by atoms with van der Waals surface area (Å²) in [5, 5.41) is 0. The van der Waals surface area contributed by atoms with Crippen LogP contribution in [0.1, 0.15) is 231 Å². The maximum Gasteiger partial charge on any atom is 0.254 e. The molecule has 2 saturated carbocycles. The molecule has 0 radical (unpaired) electrons. The van der Waals surface area contributed by atoms with E-state index in [1.54, 1.807) is 0 Å². The number of aromatic nitrogens is 10. The van der Waals surface area contributed by atoms with Gasteiger partial charge in [-0.2, -0.15) is 45.7 Å². The summed E-state index contributed by atoms with van der Waals surface area (Å²) in [6, 6.07) is 95.2. The fraction of sp³-hybridized carbons (Fsp3) is 0.289. The third-order valence-corrected chi connectivity index (χ3v) is 29.6. The molecule has 2 aliphatic carbocycles. The third-order valence-electron chi connectivity index (χ3n) is 29.6. The van der Waals surface area contributed by atoms with Gasteiger partial charge in [0.25, 0.3) is 31.5 Å². The van der Waals surface area contributed by atoms with E-state index in [1.807, 2.05) is 36.4 Å². The summed E-state index contributed by atoms with van der Waals surface area (Å²) in [6.45, 7) is 37.5. The Labute approximate surface area is 742 Å². The summed E-state index contributed by atoms with van der Waals surface area (Å²) < 4.78 is 66.2. The number of rotatable bonds is 8. The van der Waals surface area contributed by atoms with E-state index in [1.165, 1.54) is 170 Å². The molecular weight excluding hydrogens is 1510 g/mol. The van der Waals surface area contributed by atoms with Crippen LogP contribution in [0, 0.1) is 81.1 Å². The molecule has 2 fully saturated rings. The summed E-state index contributed by atoms with van der Waals surface area (Å²) >= 11 is 0. The Morgan fingerprint density at radius 1 is 0.242 bits per heavy atom. The molecular formula is C114H121N10+5. The molecule has 3 unspecified atom stereocenters. The number of hydrogen-bond donors (Lipinski definition) is 0. The van der Waals surface area contributed by atoms with Crippen molar-refractivity contribution in [1.82, 2.24) is 22.8 Å². The zero-order valence-corrected chi connectivity index (χ0v) is 75.5. The minimum atomic E-state index is -0.300. The van der Waals surface area contributed by atoms with Crippen LogP contribution < -0.4 is 22.8 Å². The molecule has 16 aromatic rings. The Morgan fingerprint density at radius 3 is 0.790 bits per heavy atom. The average Bonchev–Trinajstić information content (AvgIpc) is 1.53. The van der Waals surface area contributed by atoms with Crippen LogP contribution >= 0.6 is 0 Å². The van der Waals surface area contributed by atoms with Gasteiger partial charge in [0, 0.05) is 62.4 Å². The maximum atomic E-state index is 9.13. The van der Waals surface area contributed by atoms with Gasteiger partial charge in [-0.15, -0.1) is 0 Å². The molecule has 23 rings (SSSR count). The van der Waals surface area contributed by atoms with Crippen molar-refractivity contribution in [3.63, 3.8) is 0 Å². The lowest BCUT2D eigenvalue weighted by molar-refractivity contribution is -0.602. The Kier molecular flexibility index (Phi) is 19.0. The van der Waals surface area contributed by atoms with E-state index in [2.05, 4.69) is 400 Å². The normalized spacial score (nSPS) is 19.0. The van der Waals surface area contributed by atoms with Crippen LogP contribution in [0.5, 0.6) is 0 Å². The lowest BCUT2D eigenvalue weighted by Gasteiger charge is -2.36. The summed E-state index contributed by atoms with van der Waals surface area (Å²) in [5.74, 6) is 1.29. The highest BCUT2D eigenvalue weighted by molar-refractivity contribution is 5.65. The second-order valence-electron chi connectivity index (χ2n) is 37.5. The largest absolute Gasteiger partial charge is 0.254 e. The predicted octanol–water partition coefficient (Wildman–Crippen LogP) is 23.8. The van der Waals surface area contributed by atoms with Gasteiger partial charge < -0.3 is 0 Å². The molecule has 0 saturated heterocycles. The van der Waals surface area contributed by atoms with Gasteiger partial charge in [0.1, 0.15) is 85.3 Å². The first-order valence-corrected chi connectivity index (χ1v) is 45.1. The number of nitrogens with zero attached hydrogens (tertiary/aromatic N) is 10. The fourth-order valence-corrected chi connectivity index (χ4v) is 23.3. The molecule has 622 valence electrons. The van der Waals surface area contributed by atoms with Gasteiger partial charge in [-0.05, 0) is 215 Å². The van der Waals surface area contributed by atoms with Crippen LogP contribution in [0.3, 0.4) is 0 Å². The highest BCUT2D eigenvalue weighted by atomic mass is 15.2. The highest BCUT2D eigenvalue weighted by Gasteiger charge is 2.56. The molecule has 10 heteroatoms. The smallest absolute Gasteiger partial charge is 0.199 e. The van der Waals surface area contributed by atoms with Crippen molar-refractivity contribution in [1.29, 1.82) is 0 Å². The molecule has 5 aromatic heterocycles. The molecule has 11 aromatic carbocycles. The number of fused-ring (bicyclic) bond motifs is 15. The Morgan fingerprint density at radius 2 is 0.468 bits per heavy atom. The number of imidazole rings is 5. The number of hydrogen-bond acceptors (Lipinski definition) is 0. The molecule has 5 aliphatic heterocycles. The lowest BCUT2D eigenvalue weighted by Crippen LogP contribution is -2.38. The Bertz CT molecular complexity index is 6980. The van der Waals surface area contributed by atoms with Gasteiger partial charge in [0.05, 0.1) is 27.1 Å². The van der Waals surface area contributed by atoms with Crippen molar-refractivity contribution < 1.29 is 29.7 Å². The average molecular weight is 1640 g/mol. The Balaban J connectivity index is 0.000000105. The van der Waals surface area contributed by atoms with Gasteiger partial charge in [0.15, 0.2) is 35.3 Å². The quantitative estimate of drug-likeness (QED) is 0.136. The molecule has 0 N–H and O–H groups in total.